The van der Waals surface area contributed by atoms with Gasteiger partial charge in [0.25, 0.3) is 0 Å². The third-order valence-electron chi connectivity index (χ3n) is 2.00. The average molecular weight is 326 g/mol. The molecule has 0 saturated carbocycles. The van der Waals surface area contributed by atoms with Gasteiger partial charge in [-0.05, 0) is 12.5 Å². The topological polar surface area (TPSA) is 52.6 Å². The van der Waals surface area contributed by atoms with Gasteiger partial charge in [0.1, 0.15) is 5.75 Å². The minimum atomic E-state index is -0.791. The summed E-state index contributed by atoms with van der Waals surface area (Å²) < 4.78 is 9.61. The molecule has 1 rings (SSSR count). The summed E-state index contributed by atoms with van der Waals surface area (Å²) in [5.41, 5.74) is 0. The number of esters is 2. The molecule has 1 aromatic rings. The number of carbonyl (C=O) groups is 2. The van der Waals surface area contributed by atoms with E-state index >= 15 is 0 Å². The molecule has 0 saturated heterocycles. The van der Waals surface area contributed by atoms with Gasteiger partial charge in [-0.1, -0.05) is 41.7 Å². The minimum absolute atomic E-state index is 0.180. The van der Waals surface area contributed by atoms with E-state index in [0.29, 0.717) is 6.42 Å². The van der Waals surface area contributed by atoms with E-state index in [1.54, 1.807) is 6.92 Å². The second kappa shape index (κ2) is 7.58. The first kappa shape index (κ1) is 16.1. The molecule has 0 N–H and O–H groups in total. The Kier molecular flexibility index (Phi) is 6.42. The molecule has 104 valence electrons. The van der Waals surface area contributed by atoms with Crippen LogP contribution in [0.15, 0.2) is 12.1 Å². The Morgan fingerprint density at radius 3 is 2.32 bits per heavy atom. The van der Waals surface area contributed by atoms with Crippen molar-refractivity contribution in [3.05, 3.63) is 27.2 Å². The summed E-state index contributed by atoms with van der Waals surface area (Å²) in [6.45, 7) is 1.37. The van der Waals surface area contributed by atoms with Crippen molar-refractivity contribution in [2.24, 2.45) is 0 Å². The zero-order valence-corrected chi connectivity index (χ0v) is 12.3. The number of hydrogen-bond donors (Lipinski definition) is 0. The highest BCUT2D eigenvalue weighted by Gasteiger charge is 2.13. The van der Waals surface area contributed by atoms with E-state index in [1.165, 1.54) is 12.1 Å². The molecular formula is C12H11Cl3O4. The lowest BCUT2D eigenvalue weighted by Gasteiger charge is -2.08. The van der Waals surface area contributed by atoms with Crippen molar-refractivity contribution in [3.8, 4) is 5.75 Å². The first-order valence-corrected chi connectivity index (χ1v) is 6.58. The van der Waals surface area contributed by atoms with Gasteiger partial charge >= 0.3 is 11.9 Å². The van der Waals surface area contributed by atoms with Crippen LogP contribution < -0.4 is 4.74 Å². The van der Waals surface area contributed by atoms with Gasteiger partial charge in [-0.15, -0.1) is 0 Å². The first-order valence-electron chi connectivity index (χ1n) is 5.45. The zero-order valence-electron chi connectivity index (χ0n) is 10.0. The molecule has 0 fully saturated rings. The lowest BCUT2D eigenvalue weighted by molar-refractivity contribution is -0.161. The van der Waals surface area contributed by atoms with Gasteiger partial charge in [-0.2, -0.15) is 0 Å². The Balaban J connectivity index is 2.55. The predicted octanol–water partition coefficient (Wildman–Crippen LogP) is 3.90. The summed E-state index contributed by atoms with van der Waals surface area (Å²) in [6.07, 6.45) is 0.783. The van der Waals surface area contributed by atoms with Crippen LogP contribution in [0, 0.1) is 0 Å². The Morgan fingerprint density at radius 1 is 1.05 bits per heavy atom. The standard InChI is InChI=1S/C12H11Cl3O4/c1-2-3-11(16)19-12(17)6-18-10-5-8(14)7(13)4-9(10)15/h4-5H,2-3,6H2,1H3. The van der Waals surface area contributed by atoms with Crippen LogP contribution in [0.1, 0.15) is 19.8 Å². The molecular weight excluding hydrogens is 314 g/mol. The fraction of sp³-hybridized carbons (Fsp3) is 0.333. The molecule has 0 spiro atoms. The summed E-state index contributed by atoms with van der Waals surface area (Å²) >= 11 is 17.4. The van der Waals surface area contributed by atoms with Gasteiger partial charge in [0, 0.05) is 12.5 Å². The molecule has 7 heteroatoms. The number of benzene rings is 1. The summed E-state index contributed by atoms with van der Waals surface area (Å²) in [7, 11) is 0. The lowest BCUT2D eigenvalue weighted by Crippen LogP contribution is -2.19. The Morgan fingerprint density at radius 2 is 1.68 bits per heavy atom. The van der Waals surface area contributed by atoms with Gasteiger partial charge in [-0.25, -0.2) is 4.79 Å². The summed E-state index contributed by atoms with van der Waals surface area (Å²) in [6, 6.07) is 2.78. The van der Waals surface area contributed by atoms with E-state index in [2.05, 4.69) is 4.74 Å². The van der Waals surface area contributed by atoms with Gasteiger partial charge in [0.2, 0.25) is 0 Å². The molecule has 0 atom stereocenters. The van der Waals surface area contributed by atoms with Crippen molar-refractivity contribution in [2.75, 3.05) is 6.61 Å². The molecule has 1 aromatic carbocycles. The number of rotatable bonds is 5. The third-order valence-corrected chi connectivity index (χ3v) is 3.02. The van der Waals surface area contributed by atoms with E-state index in [1.807, 2.05) is 0 Å². The van der Waals surface area contributed by atoms with E-state index in [-0.39, 0.29) is 27.2 Å². The third kappa shape index (κ3) is 5.27. The highest BCUT2D eigenvalue weighted by atomic mass is 35.5. The highest BCUT2D eigenvalue weighted by molar-refractivity contribution is 6.43. The Bertz CT molecular complexity index is 488. The molecule has 0 unspecified atom stereocenters. The fourth-order valence-electron chi connectivity index (χ4n) is 1.16. The molecule has 0 heterocycles. The van der Waals surface area contributed by atoms with E-state index < -0.39 is 18.5 Å². The Hall–Kier alpha value is -0.970. The quantitative estimate of drug-likeness (QED) is 0.468. The number of carbonyl (C=O) groups excluding carboxylic acids is 2. The molecule has 0 aliphatic heterocycles. The van der Waals surface area contributed by atoms with Gasteiger partial charge in [0.05, 0.1) is 15.1 Å². The second-order valence-electron chi connectivity index (χ2n) is 3.58. The van der Waals surface area contributed by atoms with Crippen molar-refractivity contribution in [1.29, 1.82) is 0 Å². The monoisotopic (exact) mass is 324 g/mol. The molecule has 0 bridgehead atoms. The average Bonchev–Trinajstić information content (AvgIpc) is 2.32. The number of ether oxygens (including phenoxy) is 2. The van der Waals surface area contributed by atoms with Gasteiger partial charge in [-0.3, -0.25) is 4.79 Å². The van der Waals surface area contributed by atoms with Crippen LogP contribution in [0.3, 0.4) is 0 Å². The SMILES string of the molecule is CCCC(=O)OC(=O)COc1cc(Cl)c(Cl)cc1Cl. The molecule has 0 aliphatic carbocycles. The van der Waals surface area contributed by atoms with Gasteiger partial charge < -0.3 is 9.47 Å². The van der Waals surface area contributed by atoms with Crippen LogP contribution in [0.25, 0.3) is 0 Å². The normalized spacial score (nSPS) is 10.1. The molecule has 0 aliphatic rings. The molecule has 0 radical (unpaired) electrons. The Labute approximate surface area is 125 Å². The summed E-state index contributed by atoms with van der Waals surface area (Å²) in [5.74, 6) is -1.19. The van der Waals surface area contributed by atoms with Crippen molar-refractivity contribution in [1.82, 2.24) is 0 Å². The lowest BCUT2D eigenvalue weighted by atomic mass is 10.3. The maximum Gasteiger partial charge on any atom is 0.351 e. The smallest absolute Gasteiger partial charge is 0.351 e. The van der Waals surface area contributed by atoms with Crippen molar-refractivity contribution >= 4 is 46.7 Å². The minimum Gasteiger partial charge on any atom is -0.480 e. The summed E-state index contributed by atoms with van der Waals surface area (Å²) in [5, 5.41) is 0.735. The van der Waals surface area contributed by atoms with E-state index in [4.69, 9.17) is 39.5 Å². The molecule has 4 nitrogen and oxygen atoms in total. The second-order valence-corrected chi connectivity index (χ2v) is 4.80. The van der Waals surface area contributed by atoms with Crippen LogP contribution in [0.5, 0.6) is 5.75 Å². The largest absolute Gasteiger partial charge is 0.480 e. The van der Waals surface area contributed by atoms with Crippen LogP contribution in [0.2, 0.25) is 15.1 Å². The zero-order chi connectivity index (χ0) is 14.4. The summed E-state index contributed by atoms with van der Waals surface area (Å²) in [4.78, 5) is 22.4. The van der Waals surface area contributed by atoms with E-state index in [0.717, 1.165) is 0 Å². The van der Waals surface area contributed by atoms with Crippen LogP contribution in [-0.4, -0.2) is 18.5 Å². The molecule has 19 heavy (non-hydrogen) atoms. The van der Waals surface area contributed by atoms with Crippen LogP contribution in [0.4, 0.5) is 0 Å². The van der Waals surface area contributed by atoms with Crippen molar-refractivity contribution < 1.29 is 19.1 Å². The van der Waals surface area contributed by atoms with Crippen LogP contribution >= 0.6 is 34.8 Å². The number of halogens is 3. The van der Waals surface area contributed by atoms with E-state index in [9.17, 15) is 9.59 Å². The van der Waals surface area contributed by atoms with Crippen molar-refractivity contribution in [2.45, 2.75) is 19.8 Å². The fourth-order valence-corrected chi connectivity index (χ4v) is 1.75. The van der Waals surface area contributed by atoms with Crippen LogP contribution in [-0.2, 0) is 14.3 Å². The van der Waals surface area contributed by atoms with Crippen molar-refractivity contribution in [3.63, 3.8) is 0 Å². The molecule has 0 aromatic heterocycles. The van der Waals surface area contributed by atoms with Gasteiger partial charge in [0.15, 0.2) is 6.61 Å². The maximum absolute atomic E-state index is 11.3. The highest BCUT2D eigenvalue weighted by Crippen LogP contribution is 2.33. The maximum atomic E-state index is 11.3. The molecule has 0 amide bonds. The predicted molar refractivity (Wildman–Crippen MR) is 73.0 cm³/mol. The first-order chi connectivity index (χ1) is 8.93. The number of hydrogen-bond acceptors (Lipinski definition) is 4.